The lowest BCUT2D eigenvalue weighted by molar-refractivity contribution is -0.137. The minimum atomic E-state index is -4.34. The van der Waals surface area contributed by atoms with Gasteiger partial charge < -0.3 is 0 Å². The fourth-order valence-corrected chi connectivity index (χ4v) is 5.57. The van der Waals surface area contributed by atoms with Gasteiger partial charge in [-0.2, -0.15) is 13.2 Å². The largest absolute Gasteiger partial charge is 0.416 e. The number of alkyl halides is 3. The van der Waals surface area contributed by atoms with Crippen molar-refractivity contribution in [3.05, 3.63) is 63.9 Å². The van der Waals surface area contributed by atoms with E-state index in [2.05, 4.69) is 22.2 Å². The molecule has 2 aromatic heterocycles. The Morgan fingerprint density at radius 2 is 2.03 bits per heavy atom. The van der Waals surface area contributed by atoms with Crippen LogP contribution in [0, 0.1) is 0 Å². The van der Waals surface area contributed by atoms with Gasteiger partial charge in [0.1, 0.15) is 0 Å². The average Bonchev–Trinajstić information content (AvgIpc) is 3.30. The van der Waals surface area contributed by atoms with E-state index in [4.69, 9.17) is 0 Å². The van der Waals surface area contributed by atoms with Gasteiger partial charge in [0.05, 0.1) is 5.56 Å². The molecule has 0 radical (unpaired) electrons. The molecule has 0 atom stereocenters. The van der Waals surface area contributed by atoms with Crippen LogP contribution in [-0.2, 0) is 31.3 Å². The molecule has 29 heavy (non-hydrogen) atoms. The zero-order chi connectivity index (χ0) is 20.4. The maximum Gasteiger partial charge on any atom is 0.416 e. The van der Waals surface area contributed by atoms with Crippen LogP contribution in [0.15, 0.2) is 47.5 Å². The molecular weight excluding hydrogens is 415 g/mol. The number of benzene rings is 1. The highest BCUT2D eigenvalue weighted by Crippen LogP contribution is 2.37. The van der Waals surface area contributed by atoms with Crippen molar-refractivity contribution in [1.29, 1.82) is 0 Å². The molecule has 152 valence electrons. The van der Waals surface area contributed by atoms with Crippen molar-refractivity contribution < 1.29 is 13.2 Å². The second kappa shape index (κ2) is 8.36. The monoisotopic (exact) mass is 435 g/mol. The molecule has 4 rings (SSSR count). The summed E-state index contributed by atoms with van der Waals surface area (Å²) < 4.78 is 40.9. The number of rotatable bonds is 6. The van der Waals surface area contributed by atoms with Crippen molar-refractivity contribution in [3.8, 4) is 11.4 Å². The van der Waals surface area contributed by atoms with Crippen LogP contribution < -0.4 is 0 Å². The standard InChI is InChI=1S/C21H20F3N3S2/c1-2-10-27-19(17-13-28-18-9-4-3-8-16(17)18)25-26-20(27)29-12-14-6-5-7-15(11-14)21(22,23)24/h2,5-7,11,13H,1,3-4,8-10,12H2. The molecule has 1 aliphatic carbocycles. The third kappa shape index (κ3) is 4.28. The molecule has 0 saturated heterocycles. The molecule has 3 nitrogen and oxygen atoms in total. The van der Waals surface area contributed by atoms with E-state index >= 15 is 0 Å². The fraction of sp³-hybridized carbons (Fsp3) is 0.333. The Balaban J connectivity index is 1.59. The Labute approximate surface area is 175 Å². The molecule has 0 bridgehead atoms. The second-order valence-corrected chi connectivity index (χ2v) is 8.86. The van der Waals surface area contributed by atoms with Gasteiger partial charge in [-0.25, -0.2) is 0 Å². The van der Waals surface area contributed by atoms with Crippen molar-refractivity contribution in [2.75, 3.05) is 0 Å². The number of aromatic nitrogens is 3. The molecule has 0 saturated carbocycles. The Bertz CT molecular complexity index is 1020. The highest BCUT2D eigenvalue weighted by atomic mass is 32.2. The van der Waals surface area contributed by atoms with Gasteiger partial charge in [-0.15, -0.1) is 28.1 Å². The average molecular weight is 436 g/mol. The van der Waals surface area contributed by atoms with Gasteiger partial charge in [-0.3, -0.25) is 4.57 Å². The highest BCUT2D eigenvalue weighted by molar-refractivity contribution is 7.98. The molecular formula is C21H20F3N3S2. The van der Waals surface area contributed by atoms with Crippen molar-refractivity contribution >= 4 is 23.1 Å². The fourth-order valence-electron chi connectivity index (χ4n) is 3.56. The van der Waals surface area contributed by atoms with Crippen molar-refractivity contribution in [2.24, 2.45) is 0 Å². The van der Waals surface area contributed by atoms with Crippen molar-refractivity contribution in [2.45, 2.75) is 49.3 Å². The third-order valence-corrected chi connectivity index (χ3v) is 7.08. The summed E-state index contributed by atoms with van der Waals surface area (Å²) in [6.45, 7) is 4.39. The van der Waals surface area contributed by atoms with Crippen LogP contribution in [0.5, 0.6) is 0 Å². The van der Waals surface area contributed by atoms with Crippen LogP contribution in [0.25, 0.3) is 11.4 Å². The maximum absolute atomic E-state index is 13.0. The van der Waals surface area contributed by atoms with Crippen LogP contribution in [0.2, 0.25) is 0 Å². The number of halogens is 3. The lowest BCUT2D eigenvalue weighted by Crippen LogP contribution is -2.05. The number of hydrogen-bond donors (Lipinski definition) is 0. The minimum Gasteiger partial charge on any atom is -0.298 e. The topological polar surface area (TPSA) is 30.7 Å². The second-order valence-electron chi connectivity index (χ2n) is 6.95. The van der Waals surface area contributed by atoms with E-state index in [-0.39, 0.29) is 0 Å². The molecule has 0 spiro atoms. The maximum atomic E-state index is 13.0. The van der Waals surface area contributed by atoms with Crippen LogP contribution in [0.4, 0.5) is 13.2 Å². The van der Waals surface area contributed by atoms with Gasteiger partial charge in [0.2, 0.25) is 0 Å². The van der Waals surface area contributed by atoms with E-state index in [0.717, 1.165) is 30.3 Å². The summed E-state index contributed by atoms with van der Waals surface area (Å²) in [5.41, 5.74) is 2.47. The van der Waals surface area contributed by atoms with Crippen molar-refractivity contribution in [1.82, 2.24) is 14.8 Å². The number of thioether (sulfide) groups is 1. The molecule has 0 unspecified atom stereocenters. The highest BCUT2D eigenvalue weighted by Gasteiger charge is 2.30. The van der Waals surface area contributed by atoms with Gasteiger partial charge in [0.25, 0.3) is 0 Å². The van der Waals surface area contributed by atoms with E-state index in [1.807, 2.05) is 4.57 Å². The summed E-state index contributed by atoms with van der Waals surface area (Å²) in [5, 5.41) is 11.6. The summed E-state index contributed by atoms with van der Waals surface area (Å²) >= 11 is 3.17. The predicted octanol–water partition coefficient (Wildman–Crippen LogP) is 6.38. The van der Waals surface area contributed by atoms with E-state index in [1.165, 1.54) is 47.2 Å². The van der Waals surface area contributed by atoms with E-state index in [9.17, 15) is 13.2 Å². The normalized spacial score (nSPS) is 14.0. The van der Waals surface area contributed by atoms with Gasteiger partial charge in [-0.05, 0) is 42.9 Å². The number of aryl methyl sites for hydroxylation is 1. The molecule has 0 amide bonds. The van der Waals surface area contributed by atoms with Crippen LogP contribution in [-0.4, -0.2) is 14.8 Å². The smallest absolute Gasteiger partial charge is 0.298 e. The first-order valence-electron chi connectivity index (χ1n) is 9.40. The van der Waals surface area contributed by atoms with E-state index in [0.29, 0.717) is 23.0 Å². The number of nitrogens with zero attached hydrogens (tertiary/aromatic N) is 3. The zero-order valence-electron chi connectivity index (χ0n) is 15.7. The summed E-state index contributed by atoms with van der Waals surface area (Å²) in [6, 6.07) is 5.42. The lowest BCUT2D eigenvalue weighted by Gasteiger charge is -2.13. The molecule has 8 heteroatoms. The number of fused-ring (bicyclic) bond motifs is 1. The molecule has 1 aromatic carbocycles. The third-order valence-electron chi connectivity index (χ3n) is 4.95. The molecule has 2 heterocycles. The lowest BCUT2D eigenvalue weighted by atomic mass is 9.95. The number of thiophene rings is 1. The van der Waals surface area contributed by atoms with E-state index < -0.39 is 11.7 Å². The number of hydrogen-bond acceptors (Lipinski definition) is 4. The number of allylic oxidation sites excluding steroid dienone is 1. The van der Waals surface area contributed by atoms with E-state index in [1.54, 1.807) is 23.5 Å². The Kier molecular flexibility index (Phi) is 5.83. The molecule has 0 aliphatic heterocycles. The SMILES string of the molecule is C=CCn1c(SCc2cccc(C(F)(F)F)c2)nnc1-c1csc2c1CCCC2. The molecule has 0 N–H and O–H groups in total. The van der Waals surface area contributed by atoms with Gasteiger partial charge in [0, 0.05) is 28.1 Å². The zero-order valence-corrected chi connectivity index (χ0v) is 17.3. The Hall–Kier alpha value is -2.06. The minimum absolute atomic E-state index is 0.390. The first kappa shape index (κ1) is 20.2. The van der Waals surface area contributed by atoms with Gasteiger partial charge in [-0.1, -0.05) is 36.0 Å². The summed E-state index contributed by atoms with van der Waals surface area (Å²) in [7, 11) is 0. The molecule has 3 aromatic rings. The summed E-state index contributed by atoms with van der Waals surface area (Å²) in [6.07, 6.45) is 2.04. The Morgan fingerprint density at radius 1 is 1.21 bits per heavy atom. The van der Waals surface area contributed by atoms with Gasteiger partial charge in [0.15, 0.2) is 11.0 Å². The molecule has 0 fully saturated rings. The predicted molar refractivity (Wildman–Crippen MR) is 111 cm³/mol. The summed E-state index contributed by atoms with van der Waals surface area (Å²) in [4.78, 5) is 1.43. The van der Waals surface area contributed by atoms with Crippen LogP contribution in [0.1, 0.15) is 34.4 Å². The molecule has 1 aliphatic rings. The van der Waals surface area contributed by atoms with Crippen LogP contribution in [0.3, 0.4) is 0 Å². The van der Waals surface area contributed by atoms with Gasteiger partial charge >= 0.3 is 6.18 Å². The first-order chi connectivity index (χ1) is 14.0. The first-order valence-corrected chi connectivity index (χ1v) is 11.3. The van der Waals surface area contributed by atoms with Crippen LogP contribution >= 0.6 is 23.1 Å². The Morgan fingerprint density at radius 3 is 2.83 bits per heavy atom. The summed E-state index contributed by atoms with van der Waals surface area (Å²) in [5.74, 6) is 1.21. The quantitative estimate of drug-likeness (QED) is 0.332. The van der Waals surface area contributed by atoms with Crippen molar-refractivity contribution in [3.63, 3.8) is 0 Å².